The van der Waals surface area contributed by atoms with Crippen LogP contribution in [-0.4, -0.2) is 23.3 Å². The number of fused-ring (bicyclic) bond motifs is 8. The average Bonchev–Trinajstić information content (AvgIpc) is 3.07. The minimum atomic E-state index is -5.77. The molecule has 29 heavy (non-hydrogen) atoms. The first-order valence-electron chi connectivity index (χ1n) is 8.49. The SMILES string of the molecule is O=S(=O)(Oc1ccc2c3ccccc3n3c4ccccc4nc3c2c1)C(F)(F)F. The molecule has 5 aromatic rings. The van der Waals surface area contributed by atoms with Crippen molar-refractivity contribution in [2.24, 2.45) is 0 Å². The van der Waals surface area contributed by atoms with E-state index in [-0.39, 0.29) is 0 Å². The van der Waals surface area contributed by atoms with Gasteiger partial charge in [-0.15, -0.1) is 0 Å². The van der Waals surface area contributed by atoms with E-state index in [0.717, 1.165) is 21.8 Å². The molecule has 0 amide bonds. The van der Waals surface area contributed by atoms with Gasteiger partial charge < -0.3 is 4.18 Å². The normalized spacial score (nSPS) is 12.9. The number of imidazole rings is 1. The lowest BCUT2D eigenvalue weighted by molar-refractivity contribution is -0.0500. The standard InChI is InChI=1S/C20H11F3N2O3S/c21-20(22,23)29(26,27)28-12-9-10-13-14-5-1-3-7-17(14)25-18-8-4-2-6-16(18)24-19(25)15(13)11-12/h1-11H. The fraction of sp³-hybridized carbons (Fsp3) is 0.0500. The summed E-state index contributed by atoms with van der Waals surface area (Å²) in [6, 6.07) is 19.0. The third-order valence-corrected chi connectivity index (χ3v) is 5.70. The Morgan fingerprint density at radius 1 is 0.828 bits per heavy atom. The second kappa shape index (κ2) is 5.84. The number of hydrogen-bond acceptors (Lipinski definition) is 4. The molecule has 0 aliphatic heterocycles. The monoisotopic (exact) mass is 416 g/mol. The molecule has 2 heterocycles. The molecule has 0 spiro atoms. The van der Waals surface area contributed by atoms with Gasteiger partial charge in [-0.05, 0) is 41.8 Å². The van der Waals surface area contributed by atoms with Gasteiger partial charge in [0.25, 0.3) is 0 Å². The Hall–Kier alpha value is -3.33. The summed E-state index contributed by atoms with van der Waals surface area (Å²) in [5.41, 5.74) is -2.60. The van der Waals surface area contributed by atoms with Crippen LogP contribution in [0.4, 0.5) is 13.2 Å². The molecule has 0 aliphatic carbocycles. The Labute approximate surface area is 162 Å². The molecule has 0 N–H and O–H groups in total. The van der Waals surface area contributed by atoms with E-state index in [1.54, 1.807) is 0 Å². The van der Waals surface area contributed by atoms with Crippen LogP contribution in [0.1, 0.15) is 0 Å². The van der Waals surface area contributed by atoms with Gasteiger partial charge in [0.15, 0.2) is 0 Å². The van der Waals surface area contributed by atoms with Crippen LogP contribution >= 0.6 is 0 Å². The van der Waals surface area contributed by atoms with Gasteiger partial charge >= 0.3 is 15.6 Å². The van der Waals surface area contributed by atoms with E-state index in [1.807, 2.05) is 52.9 Å². The number of halogens is 3. The number of para-hydroxylation sites is 3. The summed E-state index contributed by atoms with van der Waals surface area (Å²) in [5, 5.41) is 2.05. The maximum Gasteiger partial charge on any atom is 0.534 e. The van der Waals surface area contributed by atoms with E-state index in [2.05, 4.69) is 9.17 Å². The molecule has 5 nitrogen and oxygen atoms in total. The molecular weight excluding hydrogens is 405 g/mol. The van der Waals surface area contributed by atoms with Crippen LogP contribution in [0.5, 0.6) is 5.75 Å². The molecule has 0 atom stereocenters. The van der Waals surface area contributed by atoms with E-state index < -0.39 is 21.4 Å². The molecule has 2 aromatic heterocycles. The summed E-state index contributed by atoms with van der Waals surface area (Å²) < 4.78 is 67.1. The maximum atomic E-state index is 12.7. The highest BCUT2D eigenvalue weighted by Gasteiger charge is 2.48. The Morgan fingerprint density at radius 2 is 1.52 bits per heavy atom. The van der Waals surface area contributed by atoms with Crippen LogP contribution in [0.3, 0.4) is 0 Å². The van der Waals surface area contributed by atoms with E-state index in [0.29, 0.717) is 16.6 Å². The summed E-state index contributed by atoms with van der Waals surface area (Å²) in [6.07, 6.45) is 0. The van der Waals surface area contributed by atoms with E-state index >= 15 is 0 Å². The number of nitrogens with zero attached hydrogens (tertiary/aromatic N) is 2. The lowest BCUT2D eigenvalue weighted by Gasteiger charge is -2.12. The van der Waals surface area contributed by atoms with E-state index in [4.69, 9.17) is 0 Å². The quantitative estimate of drug-likeness (QED) is 0.230. The number of pyridine rings is 1. The Kier molecular flexibility index (Phi) is 3.57. The lowest BCUT2D eigenvalue weighted by atomic mass is 10.1. The molecule has 9 heteroatoms. The molecule has 3 aromatic carbocycles. The topological polar surface area (TPSA) is 60.7 Å². The lowest BCUT2D eigenvalue weighted by Crippen LogP contribution is -2.28. The smallest absolute Gasteiger partial charge is 0.376 e. The molecule has 0 saturated carbocycles. The summed E-state index contributed by atoms with van der Waals surface area (Å²) in [4.78, 5) is 4.62. The van der Waals surface area contributed by atoms with Crippen LogP contribution in [0, 0.1) is 0 Å². The summed E-state index contributed by atoms with van der Waals surface area (Å²) >= 11 is 0. The zero-order valence-electron chi connectivity index (χ0n) is 14.5. The first-order valence-corrected chi connectivity index (χ1v) is 9.89. The summed E-state index contributed by atoms with van der Waals surface area (Å²) in [6.45, 7) is 0. The van der Waals surface area contributed by atoms with Gasteiger partial charge in [-0.3, -0.25) is 4.40 Å². The number of aromatic nitrogens is 2. The zero-order chi connectivity index (χ0) is 20.4. The highest BCUT2D eigenvalue weighted by atomic mass is 32.2. The summed E-state index contributed by atoms with van der Waals surface area (Å²) in [7, 11) is -5.77. The molecule has 0 saturated heterocycles. The van der Waals surface area contributed by atoms with Crippen LogP contribution in [0.15, 0.2) is 66.7 Å². The largest absolute Gasteiger partial charge is 0.534 e. The maximum absolute atomic E-state index is 12.7. The molecule has 0 unspecified atom stereocenters. The summed E-state index contributed by atoms with van der Waals surface area (Å²) in [5.74, 6) is -0.431. The number of benzene rings is 3. The van der Waals surface area contributed by atoms with Crippen molar-refractivity contribution in [1.29, 1.82) is 0 Å². The van der Waals surface area contributed by atoms with Crippen molar-refractivity contribution in [3.05, 3.63) is 66.7 Å². The van der Waals surface area contributed by atoms with Crippen LogP contribution in [0.2, 0.25) is 0 Å². The van der Waals surface area contributed by atoms with Crippen molar-refractivity contribution in [3.8, 4) is 5.75 Å². The Morgan fingerprint density at radius 3 is 2.28 bits per heavy atom. The third kappa shape index (κ3) is 2.61. The highest BCUT2D eigenvalue weighted by molar-refractivity contribution is 7.88. The van der Waals surface area contributed by atoms with Gasteiger partial charge in [0.2, 0.25) is 0 Å². The van der Waals surface area contributed by atoms with Crippen molar-refractivity contribution in [2.75, 3.05) is 0 Å². The number of alkyl halides is 3. The first-order chi connectivity index (χ1) is 13.8. The number of hydrogen-bond donors (Lipinski definition) is 0. The van der Waals surface area contributed by atoms with Crippen LogP contribution in [0.25, 0.3) is 38.4 Å². The third-order valence-electron chi connectivity index (χ3n) is 4.72. The second-order valence-electron chi connectivity index (χ2n) is 6.47. The predicted molar refractivity (Wildman–Crippen MR) is 103 cm³/mol. The van der Waals surface area contributed by atoms with Crippen molar-refractivity contribution in [1.82, 2.24) is 9.38 Å². The van der Waals surface area contributed by atoms with Crippen molar-refractivity contribution in [3.63, 3.8) is 0 Å². The molecule has 5 rings (SSSR count). The van der Waals surface area contributed by atoms with Crippen LogP contribution < -0.4 is 4.18 Å². The van der Waals surface area contributed by atoms with E-state index in [1.165, 1.54) is 18.2 Å². The first kappa shape index (κ1) is 17.7. The fourth-order valence-electron chi connectivity index (χ4n) is 3.52. The fourth-order valence-corrected chi connectivity index (χ4v) is 3.97. The van der Waals surface area contributed by atoms with Crippen molar-refractivity contribution < 1.29 is 25.8 Å². The van der Waals surface area contributed by atoms with E-state index in [9.17, 15) is 21.6 Å². The average molecular weight is 416 g/mol. The number of rotatable bonds is 2. The highest BCUT2D eigenvalue weighted by Crippen LogP contribution is 2.35. The Bertz CT molecular complexity index is 1540. The minimum Gasteiger partial charge on any atom is -0.376 e. The molecular formula is C20H11F3N2O3S. The molecule has 0 fully saturated rings. The zero-order valence-corrected chi connectivity index (χ0v) is 15.3. The van der Waals surface area contributed by atoms with Gasteiger partial charge in [-0.2, -0.15) is 21.6 Å². The van der Waals surface area contributed by atoms with Crippen LogP contribution in [-0.2, 0) is 10.1 Å². The Balaban J connectivity index is 1.88. The van der Waals surface area contributed by atoms with Crippen molar-refractivity contribution >= 4 is 48.5 Å². The van der Waals surface area contributed by atoms with Gasteiger partial charge in [-0.1, -0.05) is 30.3 Å². The molecule has 0 radical (unpaired) electrons. The van der Waals surface area contributed by atoms with Gasteiger partial charge in [0, 0.05) is 10.8 Å². The van der Waals surface area contributed by atoms with Gasteiger partial charge in [0.1, 0.15) is 11.4 Å². The van der Waals surface area contributed by atoms with Gasteiger partial charge in [-0.25, -0.2) is 4.98 Å². The minimum absolute atomic E-state index is 0.431. The second-order valence-corrected chi connectivity index (χ2v) is 8.01. The molecule has 146 valence electrons. The van der Waals surface area contributed by atoms with Gasteiger partial charge in [0.05, 0.1) is 16.6 Å². The molecule has 0 bridgehead atoms. The molecule has 0 aliphatic rings. The predicted octanol–water partition coefficient (Wildman–Crippen LogP) is 5.02. The van der Waals surface area contributed by atoms with Crippen molar-refractivity contribution in [2.45, 2.75) is 5.51 Å².